The van der Waals surface area contributed by atoms with Gasteiger partial charge in [0.2, 0.25) is 10.0 Å². The minimum Gasteiger partial charge on any atom is -0.342 e. The lowest BCUT2D eigenvalue weighted by Crippen LogP contribution is -2.32. The quantitative estimate of drug-likeness (QED) is 0.853. The van der Waals surface area contributed by atoms with Gasteiger partial charge in [-0.25, -0.2) is 13.4 Å². The van der Waals surface area contributed by atoms with Crippen LogP contribution in [0.5, 0.6) is 0 Å². The molecule has 1 N–H and O–H groups in total. The maximum atomic E-state index is 12.7. The number of carbonyl (C=O) groups is 1. The number of aromatic nitrogens is 3. The fraction of sp³-hybridized carbons (Fsp3) is 0.500. The molecule has 0 radical (unpaired) electrons. The highest BCUT2D eigenvalue weighted by Crippen LogP contribution is 2.28. The molecule has 0 aliphatic carbocycles. The smallest absolute Gasteiger partial charge is 0.263 e. The van der Waals surface area contributed by atoms with Crippen molar-refractivity contribution in [3.63, 3.8) is 0 Å². The number of sulfonamides is 1. The first-order chi connectivity index (χ1) is 11.4. The van der Waals surface area contributed by atoms with E-state index in [1.807, 2.05) is 0 Å². The van der Waals surface area contributed by atoms with Gasteiger partial charge in [-0.05, 0) is 31.2 Å². The molecule has 10 heteroatoms. The third-order valence-electron chi connectivity index (χ3n) is 4.00. The van der Waals surface area contributed by atoms with Crippen molar-refractivity contribution >= 4 is 27.3 Å². The van der Waals surface area contributed by atoms with Gasteiger partial charge in [0.25, 0.3) is 5.91 Å². The van der Waals surface area contributed by atoms with Gasteiger partial charge >= 0.3 is 0 Å². The van der Waals surface area contributed by atoms with E-state index in [1.165, 1.54) is 16.7 Å². The molecule has 130 valence electrons. The molecule has 1 atom stereocenters. The summed E-state index contributed by atoms with van der Waals surface area (Å²) in [5.74, 6) is 0.183. The van der Waals surface area contributed by atoms with E-state index in [1.54, 1.807) is 24.0 Å². The average molecular weight is 369 g/mol. The minimum absolute atomic E-state index is 0.0806. The molecule has 0 aromatic carbocycles. The second-order valence-corrected chi connectivity index (χ2v) is 8.48. The Hall–Kier alpha value is -1.78. The molecule has 0 saturated carbocycles. The second-order valence-electron chi connectivity index (χ2n) is 5.66. The number of amides is 1. The highest BCUT2D eigenvalue weighted by atomic mass is 32.2. The molecular weight excluding hydrogens is 350 g/mol. The highest BCUT2D eigenvalue weighted by Gasteiger charge is 2.32. The summed E-state index contributed by atoms with van der Waals surface area (Å²) < 4.78 is 28.4. The normalized spacial score (nSPS) is 17.1. The van der Waals surface area contributed by atoms with Gasteiger partial charge in [0.15, 0.2) is 0 Å². The molecule has 24 heavy (non-hydrogen) atoms. The molecule has 3 heterocycles. The summed E-state index contributed by atoms with van der Waals surface area (Å²) in [6, 6.07) is 1.12. The van der Waals surface area contributed by atoms with Crippen LogP contribution in [0.3, 0.4) is 0 Å². The van der Waals surface area contributed by atoms with Crippen molar-refractivity contribution in [3.05, 3.63) is 28.5 Å². The summed E-state index contributed by atoms with van der Waals surface area (Å²) in [5.41, 5.74) is 0. The van der Waals surface area contributed by atoms with Crippen LogP contribution in [0.15, 0.2) is 22.7 Å². The third-order valence-corrected chi connectivity index (χ3v) is 6.98. The van der Waals surface area contributed by atoms with Crippen molar-refractivity contribution in [2.45, 2.75) is 30.7 Å². The summed E-state index contributed by atoms with van der Waals surface area (Å²) in [5, 5.41) is 8.39. The Balaban J connectivity index is 1.82. The van der Waals surface area contributed by atoms with Crippen LogP contribution in [0, 0.1) is 0 Å². The SMILES string of the molecule is C[C@H](NC(=O)c1sccc1S(=O)(=O)N1CCCC1)c1ncnn1C. The van der Waals surface area contributed by atoms with Crippen LogP contribution in [0.4, 0.5) is 0 Å². The zero-order chi connectivity index (χ0) is 17.3. The highest BCUT2D eigenvalue weighted by molar-refractivity contribution is 7.89. The van der Waals surface area contributed by atoms with E-state index in [4.69, 9.17) is 0 Å². The van der Waals surface area contributed by atoms with Gasteiger partial charge in [0.05, 0.1) is 6.04 Å². The Bertz CT molecular complexity index is 836. The van der Waals surface area contributed by atoms with Crippen molar-refractivity contribution in [1.82, 2.24) is 24.4 Å². The lowest BCUT2D eigenvalue weighted by molar-refractivity contribution is 0.0938. The van der Waals surface area contributed by atoms with Crippen LogP contribution in [-0.2, 0) is 17.1 Å². The topological polar surface area (TPSA) is 97.2 Å². The first-order valence-corrected chi connectivity index (χ1v) is 9.95. The van der Waals surface area contributed by atoms with Gasteiger partial charge < -0.3 is 5.32 Å². The molecule has 0 bridgehead atoms. The molecule has 3 rings (SSSR count). The molecular formula is C14H19N5O3S2. The maximum absolute atomic E-state index is 12.7. The van der Waals surface area contributed by atoms with E-state index in [0.717, 1.165) is 24.2 Å². The van der Waals surface area contributed by atoms with Crippen molar-refractivity contribution < 1.29 is 13.2 Å². The summed E-state index contributed by atoms with van der Waals surface area (Å²) in [6.45, 7) is 2.80. The molecule has 1 fully saturated rings. The van der Waals surface area contributed by atoms with Crippen molar-refractivity contribution in [3.8, 4) is 0 Å². The Morgan fingerprint density at radius 1 is 1.38 bits per heavy atom. The van der Waals surface area contributed by atoms with Crippen LogP contribution in [0.2, 0.25) is 0 Å². The maximum Gasteiger partial charge on any atom is 0.263 e. The van der Waals surface area contributed by atoms with Crippen LogP contribution < -0.4 is 5.32 Å². The van der Waals surface area contributed by atoms with Crippen LogP contribution in [-0.4, -0.2) is 46.5 Å². The van der Waals surface area contributed by atoms with E-state index in [2.05, 4.69) is 15.4 Å². The van der Waals surface area contributed by atoms with Crippen molar-refractivity contribution in [1.29, 1.82) is 0 Å². The number of thiophene rings is 1. The van der Waals surface area contributed by atoms with E-state index < -0.39 is 15.9 Å². The molecule has 0 spiro atoms. The monoisotopic (exact) mass is 369 g/mol. The van der Waals surface area contributed by atoms with Gasteiger partial charge in [-0.3, -0.25) is 9.48 Å². The molecule has 1 aliphatic rings. The van der Waals surface area contributed by atoms with E-state index in [-0.39, 0.29) is 15.8 Å². The van der Waals surface area contributed by atoms with E-state index in [9.17, 15) is 13.2 Å². The molecule has 1 aliphatic heterocycles. The summed E-state index contributed by atoms with van der Waals surface area (Å²) in [4.78, 5) is 16.9. The van der Waals surface area contributed by atoms with Gasteiger partial charge in [0.1, 0.15) is 21.9 Å². The van der Waals surface area contributed by atoms with Gasteiger partial charge in [-0.2, -0.15) is 9.40 Å². The predicted molar refractivity (Wildman–Crippen MR) is 89.2 cm³/mol. The van der Waals surface area contributed by atoms with Gasteiger partial charge in [0, 0.05) is 20.1 Å². The zero-order valence-electron chi connectivity index (χ0n) is 13.5. The lowest BCUT2D eigenvalue weighted by atomic mass is 10.3. The molecule has 0 unspecified atom stereocenters. The molecule has 2 aromatic rings. The first-order valence-electron chi connectivity index (χ1n) is 7.63. The molecule has 1 amide bonds. The summed E-state index contributed by atoms with van der Waals surface area (Å²) in [6.07, 6.45) is 3.12. The van der Waals surface area contributed by atoms with Crippen LogP contribution >= 0.6 is 11.3 Å². The van der Waals surface area contributed by atoms with Crippen LogP contribution in [0.25, 0.3) is 0 Å². The Kier molecular flexibility index (Phi) is 4.70. The number of carbonyl (C=O) groups excluding carboxylic acids is 1. The number of hydrogen-bond acceptors (Lipinski definition) is 6. The standard InChI is InChI=1S/C14H19N5O3S2/c1-10(13-15-9-16-18(13)2)17-14(20)12-11(5-8-23-12)24(21,22)19-6-3-4-7-19/h5,8-10H,3-4,6-7H2,1-2H3,(H,17,20)/t10-/m0/s1. The lowest BCUT2D eigenvalue weighted by Gasteiger charge is -2.17. The molecule has 8 nitrogen and oxygen atoms in total. The number of rotatable bonds is 5. The van der Waals surface area contributed by atoms with Crippen LogP contribution in [0.1, 0.15) is 41.3 Å². The minimum atomic E-state index is -3.62. The van der Waals surface area contributed by atoms with E-state index in [0.29, 0.717) is 18.9 Å². The Morgan fingerprint density at radius 2 is 2.08 bits per heavy atom. The number of nitrogens with one attached hydrogen (secondary N) is 1. The Morgan fingerprint density at radius 3 is 2.71 bits per heavy atom. The van der Waals surface area contributed by atoms with E-state index >= 15 is 0 Å². The second kappa shape index (κ2) is 6.61. The summed E-state index contributed by atoms with van der Waals surface area (Å²) >= 11 is 1.13. The average Bonchev–Trinajstić information content (AvgIpc) is 3.28. The van der Waals surface area contributed by atoms with Crippen molar-refractivity contribution in [2.24, 2.45) is 7.05 Å². The van der Waals surface area contributed by atoms with Crippen molar-refractivity contribution in [2.75, 3.05) is 13.1 Å². The molecule has 2 aromatic heterocycles. The van der Waals surface area contributed by atoms with Gasteiger partial charge in [-0.1, -0.05) is 0 Å². The fourth-order valence-corrected chi connectivity index (χ4v) is 5.58. The van der Waals surface area contributed by atoms with Gasteiger partial charge in [-0.15, -0.1) is 11.3 Å². The third kappa shape index (κ3) is 3.08. The first kappa shape index (κ1) is 17.1. The number of nitrogens with zero attached hydrogens (tertiary/aromatic N) is 4. The number of aryl methyl sites for hydroxylation is 1. The number of hydrogen-bond donors (Lipinski definition) is 1. The predicted octanol–water partition coefficient (Wildman–Crippen LogP) is 1.15. The largest absolute Gasteiger partial charge is 0.342 e. The zero-order valence-corrected chi connectivity index (χ0v) is 15.1. The fourth-order valence-electron chi connectivity index (χ4n) is 2.76. The summed E-state index contributed by atoms with van der Waals surface area (Å²) in [7, 11) is -1.88. The Labute approximate surface area is 144 Å². The molecule has 1 saturated heterocycles.